The second-order valence-electron chi connectivity index (χ2n) is 7.79. The Labute approximate surface area is 190 Å². The fraction of sp³-hybridized carbons (Fsp3) is 0.292. The monoisotopic (exact) mass is 451 g/mol. The van der Waals surface area contributed by atoms with Gasteiger partial charge in [-0.1, -0.05) is 18.9 Å². The maximum Gasteiger partial charge on any atom is 0.295 e. The summed E-state index contributed by atoms with van der Waals surface area (Å²) in [5.41, 5.74) is 1.13. The Hall–Kier alpha value is -3.39. The quantitative estimate of drug-likeness (QED) is 0.542. The van der Waals surface area contributed by atoms with Crippen LogP contribution in [0.5, 0.6) is 0 Å². The van der Waals surface area contributed by atoms with Gasteiger partial charge in [-0.15, -0.1) is 11.3 Å². The number of nitrogens with zero attached hydrogens (tertiary/aromatic N) is 1. The first kappa shape index (κ1) is 21.8. The van der Waals surface area contributed by atoms with E-state index in [-0.39, 0.29) is 23.6 Å². The SMILES string of the molecule is CC(=O)Nc1ccc(N(C(=O)c2ccco2)[C@H](C(=O)NC2CCCC2)c2cccs2)cc1. The van der Waals surface area contributed by atoms with E-state index in [0.29, 0.717) is 11.4 Å². The highest BCUT2D eigenvalue weighted by Gasteiger charge is 2.36. The van der Waals surface area contributed by atoms with Crippen LogP contribution in [0, 0.1) is 0 Å². The zero-order chi connectivity index (χ0) is 22.5. The van der Waals surface area contributed by atoms with Gasteiger partial charge in [-0.2, -0.15) is 0 Å². The largest absolute Gasteiger partial charge is 0.459 e. The van der Waals surface area contributed by atoms with Crippen LogP contribution in [0.25, 0.3) is 0 Å². The lowest BCUT2D eigenvalue weighted by Crippen LogP contribution is -2.46. The Bertz CT molecular complexity index is 1060. The highest BCUT2D eigenvalue weighted by Crippen LogP contribution is 2.33. The normalized spacial score (nSPS) is 14.7. The van der Waals surface area contributed by atoms with E-state index in [2.05, 4.69) is 10.6 Å². The van der Waals surface area contributed by atoms with Crippen molar-refractivity contribution in [3.8, 4) is 0 Å². The number of hydrogen-bond donors (Lipinski definition) is 2. The predicted molar refractivity (Wildman–Crippen MR) is 124 cm³/mol. The van der Waals surface area contributed by atoms with Crippen LogP contribution in [0.4, 0.5) is 11.4 Å². The Kier molecular flexibility index (Phi) is 6.70. The molecule has 8 heteroatoms. The molecule has 166 valence electrons. The average Bonchev–Trinajstić information content (AvgIpc) is 3.55. The number of hydrogen-bond acceptors (Lipinski definition) is 5. The predicted octanol–water partition coefficient (Wildman–Crippen LogP) is 4.75. The van der Waals surface area contributed by atoms with Crippen LogP contribution in [0.15, 0.2) is 64.6 Å². The number of nitrogens with one attached hydrogen (secondary N) is 2. The average molecular weight is 452 g/mol. The van der Waals surface area contributed by atoms with E-state index in [4.69, 9.17) is 4.42 Å². The van der Waals surface area contributed by atoms with Crippen LogP contribution < -0.4 is 15.5 Å². The molecule has 1 aliphatic rings. The summed E-state index contributed by atoms with van der Waals surface area (Å²) in [4.78, 5) is 40.6. The number of rotatable bonds is 7. The number of carbonyl (C=O) groups excluding carboxylic acids is 3. The van der Waals surface area contributed by atoms with Gasteiger partial charge in [0.25, 0.3) is 5.91 Å². The van der Waals surface area contributed by atoms with Gasteiger partial charge < -0.3 is 15.1 Å². The van der Waals surface area contributed by atoms with Gasteiger partial charge in [-0.05, 0) is 60.7 Å². The molecule has 0 saturated heterocycles. The molecule has 0 radical (unpaired) electrons. The van der Waals surface area contributed by atoms with Gasteiger partial charge in [0, 0.05) is 29.2 Å². The molecule has 7 nitrogen and oxygen atoms in total. The van der Waals surface area contributed by atoms with Crippen molar-refractivity contribution < 1.29 is 18.8 Å². The van der Waals surface area contributed by atoms with Crippen LogP contribution in [0.1, 0.15) is 54.1 Å². The standard InChI is InChI=1S/C24H25N3O4S/c1-16(28)25-18-10-12-19(13-11-18)27(24(30)20-8-4-14-31-20)22(21-9-5-15-32-21)23(29)26-17-6-2-3-7-17/h4-5,8-15,17,22H,2-3,6-7H2,1H3,(H,25,28)(H,26,29)/t22-/m0/s1. The van der Waals surface area contributed by atoms with Gasteiger partial charge in [0.1, 0.15) is 0 Å². The number of benzene rings is 1. The van der Waals surface area contributed by atoms with Crippen molar-refractivity contribution >= 4 is 40.4 Å². The van der Waals surface area contributed by atoms with Crippen LogP contribution in [0.2, 0.25) is 0 Å². The van der Waals surface area contributed by atoms with Crippen LogP contribution >= 0.6 is 11.3 Å². The van der Waals surface area contributed by atoms with Crippen LogP contribution in [-0.2, 0) is 9.59 Å². The second-order valence-corrected chi connectivity index (χ2v) is 8.77. The first-order valence-electron chi connectivity index (χ1n) is 10.6. The summed E-state index contributed by atoms with van der Waals surface area (Å²) in [6.45, 7) is 1.43. The van der Waals surface area contributed by atoms with E-state index in [9.17, 15) is 14.4 Å². The molecule has 1 fully saturated rings. The van der Waals surface area contributed by atoms with Gasteiger partial charge in [0.15, 0.2) is 11.8 Å². The molecule has 1 aliphatic carbocycles. The molecule has 2 aromatic heterocycles. The van der Waals surface area contributed by atoms with Crippen LogP contribution in [-0.4, -0.2) is 23.8 Å². The molecular formula is C24H25N3O4S. The second kappa shape index (κ2) is 9.82. The van der Waals surface area contributed by atoms with Crippen molar-refractivity contribution in [2.24, 2.45) is 0 Å². The summed E-state index contributed by atoms with van der Waals surface area (Å²) >= 11 is 1.42. The molecule has 1 atom stereocenters. The minimum absolute atomic E-state index is 0.118. The van der Waals surface area contributed by atoms with Crippen molar-refractivity contribution in [3.63, 3.8) is 0 Å². The Morgan fingerprint density at radius 3 is 2.41 bits per heavy atom. The molecule has 0 bridgehead atoms. The third-order valence-corrected chi connectivity index (χ3v) is 6.36. The van der Waals surface area contributed by atoms with Gasteiger partial charge in [-0.25, -0.2) is 0 Å². The molecule has 4 rings (SSSR count). The summed E-state index contributed by atoms with van der Waals surface area (Å²) in [5.74, 6) is -0.674. The van der Waals surface area contributed by atoms with E-state index in [1.807, 2.05) is 17.5 Å². The van der Waals surface area contributed by atoms with Crippen molar-refractivity contribution in [1.29, 1.82) is 0 Å². The van der Waals surface area contributed by atoms with Gasteiger partial charge in [0.2, 0.25) is 11.8 Å². The van der Waals surface area contributed by atoms with Crippen molar-refractivity contribution in [1.82, 2.24) is 5.32 Å². The molecule has 1 saturated carbocycles. The molecule has 3 aromatic rings. The van der Waals surface area contributed by atoms with E-state index in [1.165, 1.54) is 29.4 Å². The van der Waals surface area contributed by atoms with E-state index in [1.54, 1.807) is 36.4 Å². The Balaban J connectivity index is 1.73. The molecular weight excluding hydrogens is 426 g/mol. The molecule has 2 N–H and O–H groups in total. The number of furan rings is 1. The van der Waals surface area contributed by atoms with Crippen molar-refractivity contribution in [2.75, 3.05) is 10.2 Å². The lowest BCUT2D eigenvalue weighted by molar-refractivity contribution is -0.123. The lowest BCUT2D eigenvalue weighted by atomic mass is 10.1. The van der Waals surface area contributed by atoms with Crippen LogP contribution in [0.3, 0.4) is 0 Å². The van der Waals surface area contributed by atoms with Crippen molar-refractivity contribution in [2.45, 2.75) is 44.7 Å². The van der Waals surface area contributed by atoms with Gasteiger partial charge in [-0.3, -0.25) is 19.3 Å². The van der Waals surface area contributed by atoms with E-state index < -0.39 is 11.9 Å². The highest BCUT2D eigenvalue weighted by molar-refractivity contribution is 7.10. The molecule has 3 amide bonds. The third-order valence-electron chi connectivity index (χ3n) is 5.44. The third kappa shape index (κ3) is 4.91. The number of amides is 3. The molecule has 2 heterocycles. The topological polar surface area (TPSA) is 91.7 Å². The van der Waals surface area contributed by atoms with Crippen molar-refractivity contribution in [3.05, 3.63) is 70.8 Å². The number of carbonyl (C=O) groups is 3. The molecule has 0 spiro atoms. The summed E-state index contributed by atoms with van der Waals surface area (Å²) in [7, 11) is 0. The maximum atomic E-state index is 13.5. The fourth-order valence-electron chi connectivity index (χ4n) is 3.98. The zero-order valence-electron chi connectivity index (χ0n) is 17.7. The highest BCUT2D eigenvalue weighted by atomic mass is 32.1. The summed E-state index contributed by atoms with van der Waals surface area (Å²) in [5, 5.41) is 7.75. The lowest BCUT2D eigenvalue weighted by Gasteiger charge is -2.31. The Morgan fingerprint density at radius 1 is 1.06 bits per heavy atom. The van der Waals surface area contributed by atoms with E-state index >= 15 is 0 Å². The fourth-order valence-corrected chi connectivity index (χ4v) is 4.79. The summed E-state index contributed by atoms with van der Waals surface area (Å²) in [6, 6.07) is 13.1. The first-order chi connectivity index (χ1) is 15.5. The molecule has 1 aromatic carbocycles. The smallest absolute Gasteiger partial charge is 0.295 e. The maximum absolute atomic E-state index is 13.5. The molecule has 32 heavy (non-hydrogen) atoms. The minimum Gasteiger partial charge on any atom is -0.459 e. The summed E-state index contributed by atoms with van der Waals surface area (Å²) < 4.78 is 5.38. The minimum atomic E-state index is -0.847. The Morgan fingerprint density at radius 2 is 1.81 bits per heavy atom. The van der Waals surface area contributed by atoms with E-state index in [0.717, 1.165) is 30.6 Å². The molecule has 0 aliphatic heterocycles. The number of thiophene rings is 1. The zero-order valence-corrected chi connectivity index (χ0v) is 18.6. The van der Waals surface area contributed by atoms with Gasteiger partial charge >= 0.3 is 0 Å². The number of anilines is 2. The molecule has 0 unspecified atom stereocenters. The van der Waals surface area contributed by atoms with Gasteiger partial charge in [0.05, 0.1) is 6.26 Å². The summed E-state index contributed by atoms with van der Waals surface area (Å²) in [6.07, 6.45) is 5.51. The first-order valence-corrected chi connectivity index (χ1v) is 11.5.